The fourth-order valence-corrected chi connectivity index (χ4v) is 3.58. The quantitative estimate of drug-likeness (QED) is 0.888. The Balaban J connectivity index is 2.14. The van der Waals surface area contributed by atoms with Crippen LogP contribution in [0.15, 0.2) is 46.7 Å². The molecule has 2 rings (SSSR count). The third-order valence-corrected chi connectivity index (χ3v) is 5.29. The first-order chi connectivity index (χ1) is 9.31. The second-order valence-corrected chi connectivity index (χ2v) is 7.25. The molecule has 1 aromatic heterocycles. The van der Waals surface area contributed by atoms with Gasteiger partial charge in [0.05, 0.1) is 4.90 Å². The van der Waals surface area contributed by atoms with Gasteiger partial charge in [-0.15, -0.1) is 11.3 Å². The molecule has 0 aliphatic carbocycles. The van der Waals surface area contributed by atoms with Gasteiger partial charge in [0.2, 0.25) is 10.0 Å². The molecule has 0 aliphatic heterocycles. The predicted octanol–water partition coefficient (Wildman–Crippen LogP) is 2.07. The third-order valence-electron chi connectivity index (χ3n) is 2.76. The summed E-state index contributed by atoms with van der Waals surface area (Å²) in [5.41, 5.74) is -1.31. The highest BCUT2D eigenvalue weighted by Gasteiger charge is 2.27. The number of halogens is 1. The van der Waals surface area contributed by atoms with Gasteiger partial charge in [-0.25, -0.2) is 17.5 Å². The van der Waals surface area contributed by atoms with Crippen molar-refractivity contribution >= 4 is 21.4 Å². The van der Waals surface area contributed by atoms with Crippen LogP contribution in [0.5, 0.6) is 0 Å². The molecule has 0 amide bonds. The maximum absolute atomic E-state index is 13.1. The van der Waals surface area contributed by atoms with Crippen molar-refractivity contribution in [1.29, 1.82) is 0 Å². The van der Waals surface area contributed by atoms with Gasteiger partial charge in [-0.3, -0.25) is 0 Å². The Morgan fingerprint density at radius 2 is 2.10 bits per heavy atom. The second kappa shape index (κ2) is 5.61. The molecule has 7 heteroatoms. The molecule has 4 nitrogen and oxygen atoms in total. The molecule has 1 unspecified atom stereocenters. The van der Waals surface area contributed by atoms with Crippen molar-refractivity contribution < 1.29 is 17.9 Å². The number of nitrogens with one attached hydrogen (secondary N) is 1. The van der Waals surface area contributed by atoms with E-state index >= 15 is 0 Å². The average molecular weight is 315 g/mol. The summed E-state index contributed by atoms with van der Waals surface area (Å²) in [6.45, 7) is 1.33. The average Bonchev–Trinajstić information content (AvgIpc) is 2.91. The molecule has 0 radical (unpaired) electrons. The maximum atomic E-state index is 13.1. The molecule has 108 valence electrons. The molecule has 20 heavy (non-hydrogen) atoms. The van der Waals surface area contributed by atoms with E-state index in [1.807, 2.05) is 0 Å². The Morgan fingerprint density at radius 3 is 2.70 bits per heavy atom. The first-order valence-electron chi connectivity index (χ1n) is 5.83. The van der Waals surface area contributed by atoms with Crippen LogP contribution in [0.2, 0.25) is 0 Å². The number of hydrogen-bond donors (Lipinski definition) is 2. The van der Waals surface area contributed by atoms with E-state index in [0.717, 1.165) is 6.07 Å². The minimum atomic E-state index is -3.85. The molecule has 0 saturated heterocycles. The fraction of sp³-hybridized carbons (Fsp3) is 0.231. The Hall–Kier alpha value is -1.28. The standard InChI is InChI=1S/C13H14FNO3S2/c1-13(16,12-6-3-7-19-12)9-15-20(17,18)11-5-2-4-10(14)8-11/h2-8,15-16H,9H2,1H3. The molecular weight excluding hydrogens is 301 g/mol. The molecule has 1 heterocycles. The summed E-state index contributed by atoms with van der Waals surface area (Å²) in [6.07, 6.45) is 0. The number of rotatable bonds is 5. The third kappa shape index (κ3) is 3.43. The minimum Gasteiger partial charge on any atom is -0.383 e. The van der Waals surface area contributed by atoms with Crippen LogP contribution >= 0.6 is 11.3 Å². The lowest BCUT2D eigenvalue weighted by atomic mass is 10.1. The van der Waals surface area contributed by atoms with E-state index in [0.29, 0.717) is 4.88 Å². The maximum Gasteiger partial charge on any atom is 0.240 e. The van der Waals surface area contributed by atoms with E-state index in [1.54, 1.807) is 17.5 Å². The normalized spacial score (nSPS) is 14.9. The van der Waals surface area contributed by atoms with Gasteiger partial charge in [0.1, 0.15) is 11.4 Å². The summed E-state index contributed by atoms with van der Waals surface area (Å²) in [5.74, 6) is -0.627. The summed E-state index contributed by atoms with van der Waals surface area (Å²) < 4.78 is 39.4. The van der Waals surface area contributed by atoms with Crippen LogP contribution in [-0.2, 0) is 15.6 Å². The SMILES string of the molecule is CC(O)(CNS(=O)(=O)c1cccc(F)c1)c1cccs1. The van der Waals surface area contributed by atoms with Crippen molar-refractivity contribution in [2.24, 2.45) is 0 Å². The lowest BCUT2D eigenvalue weighted by molar-refractivity contribution is 0.0666. The van der Waals surface area contributed by atoms with E-state index in [4.69, 9.17) is 0 Å². The number of benzene rings is 1. The van der Waals surface area contributed by atoms with Gasteiger partial charge in [0.15, 0.2) is 0 Å². The van der Waals surface area contributed by atoms with E-state index in [-0.39, 0.29) is 11.4 Å². The molecule has 2 aromatic rings. The highest BCUT2D eigenvalue weighted by atomic mass is 32.2. The summed E-state index contributed by atoms with van der Waals surface area (Å²) in [6, 6.07) is 8.21. The van der Waals surface area contributed by atoms with Crippen LogP contribution in [0, 0.1) is 5.82 Å². The molecule has 0 fully saturated rings. The van der Waals surface area contributed by atoms with Crippen LogP contribution in [0.1, 0.15) is 11.8 Å². The summed E-state index contributed by atoms with van der Waals surface area (Å²) in [5, 5.41) is 12.0. The highest BCUT2D eigenvalue weighted by Crippen LogP contribution is 2.25. The fourth-order valence-electron chi connectivity index (χ4n) is 1.63. The largest absolute Gasteiger partial charge is 0.383 e. The number of aliphatic hydroxyl groups is 1. The Labute approximate surface area is 120 Å². The topological polar surface area (TPSA) is 66.4 Å². The zero-order valence-corrected chi connectivity index (χ0v) is 12.3. The zero-order valence-electron chi connectivity index (χ0n) is 10.7. The van der Waals surface area contributed by atoms with Crippen LogP contribution in [0.25, 0.3) is 0 Å². The van der Waals surface area contributed by atoms with Gasteiger partial charge < -0.3 is 5.11 Å². The van der Waals surface area contributed by atoms with Crippen molar-refractivity contribution in [3.8, 4) is 0 Å². The van der Waals surface area contributed by atoms with Crippen molar-refractivity contribution in [2.75, 3.05) is 6.54 Å². The molecule has 1 aromatic carbocycles. The van der Waals surface area contributed by atoms with E-state index < -0.39 is 21.4 Å². The lowest BCUT2D eigenvalue weighted by Gasteiger charge is -2.22. The van der Waals surface area contributed by atoms with Crippen molar-refractivity contribution in [3.05, 3.63) is 52.5 Å². The van der Waals surface area contributed by atoms with Crippen molar-refractivity contribution in [2.45, 2.75) is 17.4 Å². The Morgan fingerprint density at radius 1 is 1.35 bits per heavy atom. The monoisotopic (exact) mass is 315 g/mol. The molecule has 0 aliphatic rings. The van der Waals surface area contributed by atoms with E-state index in [1.165, 1.54) is 36.5 Å². The van der Waals surface area contributed by atoms with Crippen molar-refractivity contribution in [1.82, 2.24) is 4.72 Å². The van der Waals surface area contributed by atoms with Crippen LogP contribution < -0.4 is 4.72 Å². The molecule has 1 atom stereocenters. The number of thiophene rings is 1. The van der Waals surface area contributed by atoms with Gasteiger partial charge in [-0.05, 0) is 36.6 Å². The summed E-state index contributed by atoms with van der Waals surface area (Å²) in [7, 11) is -3.85. The van der Waals surface area contributed by atoms with Crippen LogP contribution in [-0.4, -0.2) is 20.1 Å². The first kappa shape index (κ1) is 15.1. The zero-order chi connectivity index (χ0) is 14.8. The first-order valence-corrected chi connectivity index (χ1v) is 8.19. The minimum absolute atomic E-state index is 0.167. The van der Waals surface area contributed by atoms with Crippen LogP contribution in [0.3, 0.4) is 0 Å². The molecule has 0 bridgehead atoms. The van der Waals surface area contributed by atoms with Gasteiger partial charge in [-0.2, -0.15) is 0 Å². The van der Waals surface area contributed by atoms with E-state index in [9.17, 15) is 17.9 Å². The molecule has 2 N–H and O–H groups in total. The van der Waals surface area contributed by atoms with Crippen molar-refractivity contribution in [3.63, 3.8) is 0 Å². The van der Waals surface area contributed by atoms with Gasteiger partial charge >= 0.3 is 0 Å². The summed E-state index contributed by atoms with van der Waals surface area (Å²) >= 11 is 1.33. The summed E-state index contributed by atoms with van der Waals surface area (Å²) in [4.78, 5) is 0.485. The Kier molecular flexibility index (Phi) is 4.24. The molecular formula is C13H14FNO3S2. The van der Waals surface area contributed by atoms with Crippen LogP contribution in [0.4, 0.5) is 4.39 Å². The molecule has 0 saturated carbocycles. The van der Waals surface area contributed by atoms with E-state index in [2.05, 4.69) is 4.72 Å². The predicted molar refractivity (Wildman–Crippen MR) is 75.5 cm³/mol. The second-order valence-electron chi connectivity index (χ2n) is 4.53. The number of sulfonamides is 1. The highest BCUT2D eigenvalue weighted by molar-refractivity contribution is 7.89. The number of hydrogen-bond acceptors (Lipinski definition) is 4. The Bertz CT molecular complexity index is 681. The smallest absolute Gasteiger partial charge is 0.240 e. The van der Waals surface area contributed by atoms with Gasteiger partial charge in [-0.1, -0.05) is 12.1 Å². The van der Waals surface area contributed by atoms with Gasteiger partial charge in [0, 0.05) is 11.4 Å². The molecule has 0 spiro atoms. The van der Waals surface area contributed by atoms with Gasteiger partial charge in [0.25, 0.3) is 0 Å². The lowest BCUT2D eigenvalue weighted by Crippen LogP contribution is -2.38.